The predicted octanol–water partition coefficient (Wildman–Crippen LogP) is 5.19. The fourth-order valence-electron chi connectivity index (χ4n) is 5.31. The molecule has 0 spiro atoms. The molecule has 5 rings (SSSR count). The van der Waals surface area contributed by atoms with E-state index in [9.17, 15) is 9.90 Å². The van der Waals surface area contributed by atoms with Gasteiger partial charge in [0.25, 0.3) is 5.56 Å². The maximum Gasteiger partial charge on any atom is 0.261 e. The van der Waals surface area contributed by atoms with Gasteiger partial charge in [0.1, 0.15) is 11.4 Å². The quantitative estimate of drug-likeness (QED) is 0.253. The van der Waals surface area contributed by atoms with Crippen LogP contribution in [0.15, 0.2) is 53.5 Å². The number of rotatable bonds is 7. The van der Waals surface area contributed by atoms with Crippen LogP contribution >= 0.6 is 11.6 Å². The summed E-state index contributed by atoms with van der Waals surface area (Å²) >= 11 is 6.08. The van der Waals surface area contributed by atoms with Crippen molar-refractivity contribution in [1.29, 1.82) is 0 Å². The van der Waals surface area contributed by atoms with Crippen LogP contribution in [0.4, 0.5) is 11.4 Å². The molecule has 9 heteroatoms. The Bertz CT molecular complexity index is 1510. The number of nitrogens with zero attached hydrogens (tertiary/aromatic N) is 3. The van der Waals surface area contributed by atoms with Gasteiger partial charge in [-0.3, -0.25) is 9.69 Å². The van der Waals surface area contributed by atoms with E-state index in [4.69, 9.17) is 16.6 Å². The summed E-state index contributed by atoms with van der Waals surface area (Å²) in [6.45, 7) is 14.2. The number of H-pyrrole nitrogens is 2. The summed E-state index contributed by atoms with van der Waals surface area (Å²) in [5, 5.41) is 14.5. The number of aromatic amines is 2. The molecule has 1 fully saturated rings. The summed E-state index contributed by atoms with van der Waals surface area (Å²) < 4.78 is 0. The van der Waals surface area contributed by atoms with Crippen molar-refractivity contribution in [3.8, 4) is 11.4 Å². The number of aryl methyl sites for hydroxylation is 1. The number of pyridine rings is 1. The Labute approximate surface area is 234 Å². The average Bonchev–Trinajstić information content (AvgIpc) is 3.31. The van der Waals surface area contributed by atoms with E-state index in [0.717, 1.165) is 55.0 Å². The molecule has 1 aliphatic rings. The zero-order chi connectivity index (χ0) is 27.7. The van der Waals surface area contributed by atoms with Crippen molar-refractivity contribution in [2.24, 2.45) is 5.41 Å². The molecule has 2 aromatic carbocycles. The molecule has 1 aliphatic heterocycles. The minimum Gasteiger partial charge on any atom is -0.387 e. The van der Waals surface area contributed by atoms with Crippen molar-refractivity contribution in [2.75, 3.05) is 49.5 Å². The van der Waals surface area contributed by atoms with Crippen molar-refractivity contribution >= 4 is 34.0 Å². The molecule has 0 bridgehead atoms. The van der Waals surface area contributed by atoms with Gasteiger partial charge in [-0.1, -0.05) is 44.5 Å². The Balaban J connectivity index is 1.37. The number of piperazine rings is 1. The van der Waals surface area contributed by atoms with Gasteiger partial charge in [0.2, 0.25) is 0 Å². The number of hydrogen-bond donors (Lipinski definition) is 4. The summed E-state index contributed by atoms with van der Waals surface area (Å²) in [6.07, 6.45) is 0.797. The molecular formula is C30H37ClN6O2. The maximum absolute atomic E-state index is 13.0. The molecule has 2 aromatic heterocycles. The number of hydrogen-bond acceptors (Lipinski definition) is 6. The third-order valence-electron chi connectivity index (χ3n) is 7.11. The van der Waals surface area contributed by atoms with Crippen molar-refractivity contribution in [2.45, 2.75) is 33.8 Å². The third-order valence-corrected chi connectivity index (χ3v) is 7.35. The van der Waals surface area contributed by atoms with Crippen molar-refractivity contribution in [3.05, 3.63) is 75.2 Å². The van der Waals surface area contributed by atoms with Gasteiger partial charge in [-0.2, -0.15) is 0 Å². The maximum atomic E-state index is 13.0. The van der Waals surface area contributed by atoms with Crippen LogP contribution in [0.3, 0.4) is 0 Å². The van der Waals surface area contributed by atoms with Crippen LogP contribution in [0.2, 0.25) is 5.02 Å². The van der Waals surface area contributed by atoms with E-state index in [2.05, 4.69) is 64.9 Å². The van der Waals surface area contributed by atoms with Crippen LogP contribution in [0, 0.1) is 12.3 Å². The molecule has 206 valence electrons. The summed E-state index contributed by atoms with van der Waals surface area (Å²) in [5.41, 5.74) is 5.68. The highest BCUT2D eigenvalue weighted by Crippen LogP contribution is 2.30. The third kappa shape index (κ3) is 6.30. The molecule has 3 heterocycles. The lowest BCUT2D eigenvalue weighted by atomic mass is 9.96. The summed E-state index contributed by atoms with van der Waals surface area (Å²) in [7, 11) is 0. The standard InChI is InChI=1S/C30H37ClN6O2/c1-19-14-22(37-12-10-36(11-13-37)18-30(2,3)4)16-24-27(19)35-28(34-24)26-23(8-9-32-29(26)39)33-17-25(38)20-6-5-7-21(31)15-20/h5-9,14-16,25,38H,10-13,17-18H2,1-4H3,(H,34,35)(H2,32,33,39). The Hall–Kier alpha value is -3.33. The fraction of sp³-hybridized carbons (Fsp3) is 0.400. The topological polar surface area (TPSA) is 100 Å². The highest BCUT2D eigenvalue weighted by atomic mass is 35.5. The smallest absolute Gasteiger partial charge is 0.261 e. The number of halogens is 1. The first kappa shape index (κ1) is 27.2. The lowest BCUT2D eigenvalue weighted by molar-refractivity contribution is 0.182. The minimum atomic E-state index is -0.792. The SMILES string of the molecule is Cc1cc(N2CCN(CC(C)(C)C)CC2)cc2[nH]c(-c3c(NCC(O)c4cccc(Cl)c4)cc[nH]c3=O)nc12. The van der Waals surface area contributed by atoms with E-state index in [1.807, 2.05) is 6.07 Å². The van der Waals surface area contributed by atoms with Crippen molar-refractivity contribution in [3.63, 3.8) is 0 Å². The summed E-state index contributed by atoms with van der Waals surface area (Å²) in [6, 6.07) is 13.2. The predicted molar refractivity (Wildman–Crippen MR) is 160 cm³/mol. The molecule has 39 heavy (non-hydrogen) atoms. The molecule has 0 radical (unpaired) electrons. The molecule has 0 aliphatic carbocycles. The molecule has 0 saturated carbocycles. The van der Waals surface area contributed by atoms with Gasteiger partial charge in [0.15, 0.2) is 0 Å². The van der Waals surface area contributed by atoms with Crippen molar-refractivity contribution < 1.29 is 5.11 Å². The molecule has 4 N–H and O–H groups in total. The lowest BCUT2D eigenvalue weighted by Crippen LogP contribution is -2.48. The number of fused-ring (bicyclic) bond motifs is 1. The van der Waals surface area contributed by atoms with Crippen LogP contribution in [-0.2, 0) is 0 Å². The number of nitrogens with one attached hydrogen (secondary N) is 3. The minimum absolute atomic E-state index is 0.210. The Morgan fingerprint density at radius 3 is 2.62 bits per heavy atom. The second kappa shape index (κ2) is 11.0. The Morgan fingerprint density at radius 2 is 1.90 bits per heavy atom. The monoisotopic (exact) mass is 548 g/mol. The molecule has 1 unspecified atom stereocenters. The van der Waals surface area contributed by atoms with Gasteiger partial charge in [0, 0.05) is 56.2 Å². The van der Waals surface area contributed by atoms with Crippen LogP contribution < -0.4 is 15.8 Å². The van der Waals surface area contributed by atoms with Crippen LogP contribution in [0.5, 0.6) is 0 Å². The van der Waals surface area contributed by atoms with Gasteiger partial charge in [0.05, 0.1) is 22.8 Å². The number of aliphatic hydroxyl groups is 1. The Kier molecular flexibility index (Phi) is 7.71. The average molecular weight is 549 g/mol. The van der Waals surface area contributed by atoms with Gasteiger partial charge < -0.3 is 25.3 Å². The number of aliphatic hydroxyl groups excluding tert-OH is 1. The van der Waals surface area contributed by atoms with Crippen molar-refractivity contribution in [1.82, 2.24) is 19.9 Å². The Morgan fingerprint density at radius 1 is 1.13 bits per heavy atom. The molecule has 8 nitrogen and oxygen atoms in total. The highest BCUT2D eigenvalue weighted by Gasteiger charge is 2.23. The highest BCUT2D eigenvalue weighted by molar-refractivity contribution is 6.30. The van der Waals surface area contributed by atoms with E-state index >= 15 is 0 Å². The first-order chi connectivity index (χ1) is 18.6. The van der Waals surface area contributed by atoms with E-state index in [-0.39, 0.29) is 12.1 Å². The molecule has 1 saturated heterocycles. The number of imidazole rings is 1. The lowest BCUT2D eigenvalue weighted by Gasteiger charge is -2.39. The fourth-order valence-corrected chi connectivity index (χ4v) is 5.51. The van der Waals surface area contributed by atoms with E-state index in [1.165, 1.54) is 0 Å². The van der Waals surface area contributed by atoms with Gasteiger partial charge in [-0.05, 0) is 53.8 Å². The van der Waals surface area contributed by atoms with Crippen LogP contribution in [-0.4, -0.2) is 64.2 Å². The molecule has 4 aromatic rings. The van der Waals surface area contributed by atoms with Gasteiger partial charge in [-0.25, -0.2) is 4.98 Å². The first-order valence-corrected chi connectivity index (χ1v) is 13.8. The molecule has 0 amide bonds. The zero-order valence-electron chi connectivity index (χ0n) is 23.0. The summed E-state index contributed by atoms with van der Waals surface area (Å²) in [5.74, 6) is 0.488. The number of anilines is 2. The first-order valence-electron chi connectivity index (χ1n) is 13.4. The zero-order valence-corrected chi connectivity index (χ0v) is 23.8. The number of benzene rings is 2. The number of aromatic nitrogens is 3. The van der Waals surface area contributed by atoms with Gasteiger partial charge >= 0.3 is 0 Å². The van der Waals surface area contributed by atoms with E-state index < -0.39 is 6.10 Å². The normalized spacial score (nSPS) is 15.6. The molecular weight excluding hydrogens is 512 g/mol. The second-order valence-electron chi connectivity index (χ2n) is 11.6. The summed E-state index contributed by atoms with van der Waals surface area (Å²) in [4.78, 5) is 28.9. The van der Waals surface area contributed by atoms with Crippen LogP contribution in [0.1, 0.15) is 38.0 Å². The van der Waals surface area contributed by atoms with E-state index in [0.29, 0.717) is 33.1 Å². The van der Waals surface area contributed by atoms with Gasteiger partial charge in [-0.15, -0.1) is 0 Å². The largest absolute Gasteiger partial charge is 0.387 e. The molecule has 1 atom stereocenters. The second-order valence-corrected chi connectivity index (χ2v) is 12.1. The van der Waals surface area contributed by atoms with Crippen LogP contribution in [0.25, 0.3) is 22.4 Å². The van der Waals surface area contributed by atoms with E-state index in [1.54, 1.807) is 30.5 Å².